The van der Waals surface area contributed by atoms with E-state index < -0.39 is 55.1 Å². The third-order valence-corrected chi connectivity index (χ3v) is 6.97. The van der Waals surface area contributed by atoms with E-state index in [0.29, 0.717) is 5.56 Å². The first-order chi connectivity index (χ1) is 20.7. The largest absolute Gasteiger partial charge is 0.485 e. The summed E-state index contributed by atoms with van der Waals surface area (Å²) in [6.07, 6.45) is -6.12. The number of fused-ring (bicyclic) bond motifs is 1. The molecule has 44 heavy (non-hydrogen) atoms. The smallest absolute Gasteiger partial charge is 0.389 e. The van der Waals surface area contributed by atoms with Crippen LogP contribution in [0.2, 0.25) is 0 Å². The number of imidazole rings is 1. The van der Waals surface area contributed by atoms with E-state index in [4.69, 9.17) is 9.47 Å². The standard InChI is InChI=1S/C31H33F5N4O4/c1-19-14-25(43-17-22-23(32)10-7-11-24(22)33)27-38-20(2)26(40(27)15-19)28(41)37-18-30(3,12-13-31(34,35)36)39-29(42)44-16-21-8-5-4-6-9-21/h4-11,14-15,29,39,42H,12-13,16-18H2,1-3H3,(H,37,41). The van der Waals surface area contributed by atoms with Gasteiger partial charge in [-0.2, -0.15) is 13.2 Å². The van der Waals surface area contributed by atoms with Gasteiger partial charge in [0.25, 0.3) is 5.91 Å². The lowest BCUT2D eigenvalue weighted by atomic mass is 9.95. The first-order valence-electron chi connectivity index (χ1n) is 13.8. The van der Waals surface area contributed by atoms with Gasteiger partial charge in [0.2, 0.25) is 6.41 Å². The Balaban J connectivity index is 1.51. The third kappa shape index (κ3) is 8.52. The Kier molecular flexibility index (Phi) is 10.2. The molecule has 0 spiro atoms. The average molecular weight is 621 g/mol. The van der Waals surface area contributed by atoms with Crippen LogP contribution in [0.25, 0.3) is 5.65 Å². The zero-order valence-electron chi connectivity index (χ0n) is 24.3. The van der Waals surface area contributed by atoms with Crippen LogP contribution in [0.15, 0.2) is 60.8 Å². The van der Waals surface area contributed by atoms with E-state index in [-0.39, 0.29) is 41.5 Å². The SMILES string of the molecule is Cc1cc(OCc2c(F)cccc2F)c2nc(C)c(C(=O)NCC(C)(CCC(F)(F)F)NC(O)OCc3ccccc3)n2c1. The lowest BCUT2D eigenvalue weighted by Crippen LogP contribution is -2.56. The molecule has 2 aromatic carbocycles. The van der Waals surface area contributed by atoms with E-state index >= 15 is 0 Å². The number of aryl methyl sites for hydroxylation is 2. The monoisotopic (exact) mass is 620 g/mol. The Morgan fingerprint density at radius 1 is 1.02 bits per heavy atom. The number of aromatic nitrogens is 2. The van der Waals surface area contributed by atoms with Gasteiger partial charge in [-0.05, 0) is 56.5 Å². The number of aliphatic hydroxyl groups is 1. The van der Waals surface area contributed by atoms with Crippen molar-refractivity contribution in [1.82, 2.24) is 20.0 Å². The van der Waals surface area contributed by atoms with E-state index in [1.165, 1.54) is 17.4 Å². The highest BCUT2D eigenvalue weighted by Gasteiger charge is 2.35. The summed E-state index contributed by atoms with van der Waals surface area (Å²) in [4.78, 5) is 17.8. The molecule has 2 aromatic heterocycles. The molecule has 0 bridgehead atoms. The second-order valence-electron chi connectivity index (χ2n) is 10.8. The predicted molar refractivity (Wildman–Crippen MR) is 152 cm³/mol. The summed E-state index contributed by atoms with van der Waals surface area (Å²) in [6.45, 7) is 4.01. The minimum absolute atomic E-state index is 0.00500. The van der Waals surface area contributed by atoms with Crippen molar-refractivity contribution < 1.29 is 41.3 Å². The highest BCUT2D eigenvalue weighted by molar-refractivity contribution is 5.95. The van der Waals surface area contributed by atoms with Crippen molar-refractivity contribution in [2.45, 2.75) is 65.0 Å². The number of ether oxygens (including phenoxy) is 2. The average Bonchev–Trinajstić information content (AvgIpc) is 3.29. The highest BCUT2D eigenvalue weighted by atomic mass is 19.4. The zero-order chi connectivity index (χ0) is 32.1. The molecular formula is C31H33F5N4O4. The fourth-order valence-corrected chi connectivity index (χ4v) is 4.64. The molecule has 0 fully saturated rings. The van der Waals surface area contributed by atoms with Crippen LogP contribution >= 0.6 is 0 Å². The van der Waals surface area contributed by atoms with Crippen LogP contribution in [0.3, 0.4) is 0 Å². The fourth-order valence-electron chi connectivity index (χ4n) is 4.64. The summed E-state index contributed by atoms with van der Waals surface area (Å²) in [5.74, 6) is -2.02. The summed E-state index contributed by atoms with van der Waals surface area (Å²) in [5.41, 5.74) is 0.272. The summed E-state index contributed by atoms with van der Waals surface area (Å²) < 4.78 is 80.3. The number of alkyl halides is 3. The van der Waals surface area contributed by atoms with Gasteiger partial charge < -0.3 is 19.9 Å². The molecule has 3 N–H and O–H groups in total. The number of aliphatic hydroxyl groups excluding tert-OH is 1. The minimum Gasteiger partial charge on any atom is -0.485 e. The first kappa shape index (κ1) is 32.8. The highest BCUT2D eigenvalue weighted by Crippen LogP contribution is 2.28. The number of hydrogen-bond acceptors (Lipinski definition) is 6. The van der Waals surface area contributed by atoms with Gasteiger partial charge in [-0.3, -0.25) is 14.5 Å². The lowest BCUT2D eigenvalue weighted by Gasteiger charge is -2.34. The lowest BCUT2D eigenvalue weighted by molar-refractivity contribution is -0.156. The molecule has 4 aromatic rings. The Morgan fingerprint density at radius 3 is 2.36 bits per heavy atom. The summed E-state index contributed by atoms with van der Waals surface area (Å²) >= 11 is 0. The van der Waals surface area contributed by atoms with Gasteiger partial charge in [-0.15, -0.1) is 0 Å². The van der Waals surface area contributed by atoms with Gasteiger partial charge in [0.05, 0.1) is 17.9 Å². The maximum Gasteiger partial charge on any atom is 0.389 e. The van der Waals surface area contributed by atoms with Crippen LogP contribution in [-0.4, -0.2) is 45.1 Å². The van der Waals surface area contributed by atoms with Crippen LogP contribution in [0.4, 0.5) is 22.0 Å². The molecule has 4 rings (SSSR count). The van der Waals surface area contributed by atoms with Crippen LogP contribution in [0.1, 0.15) is 52.6 Å². The number of carbonyl (C=O) groups excluding carboxylic acids is 1. The third-order valence-electron chi connectivity index (χ3n) is 6.97. The number of halogens is 5. The van der Waals surface area contributed by atoms with Gasteiger partial charge in [0.1, 0.15) is 23.9 Å². The van der Waals surface area contributed by atoms with E-state index in [9.17, 15) is 31.9 Å². The number of nitrogens with zero attached hydrogens (tertiary/aromatic N) is 2. The van der Waals surface area contributed by atoms with E-state index in [0.717, 1.165) is 17.7 Å². The second kappa shape index (κ2) is 13.7. The van der Waals surface area contributed by atoms with Crippen molar-refractivity contribution in [2.75, 3.05) is 6.54 Å². The first-order valence-corrected chi connectivity index (χ1v) is 13.8. The van der Waals surface area contributed by atoms with Crippen LogP contribution in [-0.2, 0) is 18.0 Å². The topological polar surface area (TPSA) is 97.1 Å². The van der Waals surface area contributed by atoms with Crippen molar-refractivity contribution in [1.29, 1.82) is 0 Å². The molecule has 0 aliphatic rings. The van der Waals surface area contributed by atoms with Crippen LogP contribution in [0, 0.1) is 25.5 Å². The number of rotatable bonds is 13. The van der Waals surface area contributed by atoms with Crippen LogP contribution in [0.5, 0.6) is 5.75 Å². The normalized spacial score (nSPS) is 13.9. The Hall–Kier alpha value is -4.07. The number of nitrogens with one attached hydrogen (secondary N) is 2. The van der Waals surface area contributed by atoms with E-state index in [2.05, 4.69) is 15.6 Å². The molecule has 0 saturated carbocycles. The molecule has 8 nitrogen and oxygen atoms in total. The molecule has 2 heterocycles. The van der Waals surface area contributed by atoms with Crippen molar-refractivity contribution in [2.24, 2.45) is 0 Å². The van der Waals surface area contributed by atoms with E-state index in [1.807, 2.05) is 6.07 Å². The summed E-state index contributed by atoms with van der Waals surface area (Å²) in [5, 5.41) is 15.7. The van der Waals surface area contributed by atoms with Gasteiger partial charge in [-0.1, -0.05) is 36.4 Å². The maximum atomic E-state index is 14.1. The van der Waals surface area contributed by atoms with Crippen molar-refractivity contribution in [3.8, 4) is 5.75 Å². The molecule has 0 aliphatic carbocycles. The van der Waals surface area contributed by atoms with Crippen molar-refractivity contribution in [3.05, 3.63) is 101 Å². The maximum absolute atomic E-state index is 14.1. The van der Waals surface area contributed by atoms with Gasteiger partial charge >= 0.3 is 6.18 Å². The number of benzene rings is 2. The molecule has 1 amide bonds. The molecular weight excluding hydrogens is 587 g/mol. The van der Waals surface area contributed by atoms with E-state index in [1.54, 1.807) is 50.4 Å². The second-order valence-corrected chi connectivity index (χ2v) is 10.8. The van der Waals surface area contributed by atoms with Gasteiger partial charge in [0.15, 0.2) is 11.4 Å². The molecule has 0 saturated heterocycles. The Labute approximate surface area is 250 Å². The molecule has 236 valence electrons. The minimum atomic E-state index is -4.47. The zero-order valence-corrected chi connectivity index (χ0v) is 24.3. The quantitative estimate of drug-likeness (QED) is 0.131. The van der Waals surface area contributed by atoms with Crippen molar-refractivity contribution in [3.63, 3.8) is 0 Å². The molecule has 2 unspecified atom stereocenters. The summed E-state index contributed by atoms with van der Waals surface area (Å²) in [6, 6.07) is 14.0. The molecule has 0 radical (unpaired) electrons. The summed E-state index contributed by atoms with van der Waals surface area (Å²) in [7, 11) is 0. The number of pyridine rings is 1. The number of hydrogen-bond donors (Lipinski definition) is 3. The van der Waals surface area contributed by atoms with Crippen molar-refractivity contribution >= 4 is 11.6 Å². The number of amides is 1. The van der Waals surface area contributed by atoms with Gasteiger partial charge in [0, 0.05) is 24.7 Å². The van der Waals surface area contributed by atoms with Gasteiger partial charge in [-0.25, -0.2) is 13.8 Å². The molecule has 13 heteroatoms. The number of carbonyl (C=O) groups is 1. The molecule has 0 aliphatic heterocycles. The fraction of sp³-hybridized carbons (Fsp3) is 0.355. The predicted octanol–water partition coefficient (Wildman–Crippen LogP) is 5.72. The van der Waals surface area contributed by atoms with Crippen LogP contribution < -0.4 is 15.4 Å². The Morgan fingerprint density at radius 2 is 1.70 bits per heavy atom. The molecule has 2 atom stereocenters. The Bertz CT molecular complexity index is 1580.